The van der Waals surface area contributed by atoms with Crippen LogP contribution in [0.5, 0.6) is 5.75 Å². The summed E-state index contributed by atoms with van der Waals surface area (Å²) in [7, 11) is 5.56. The van der Waals surface area contributed by atoms with Crippen LogP contribution in [0.3, 0.4) is 0 Å². The van der Waals surface area contributed by atoms with E-state index in [2.05, 4.69) is 15.1 Å². The van der Waals surface area contributed by atoms with Gasteiger partial charge in [0.05, 0.1) is 17.3 Å². The second-order valence-electron chi connectivity index (χ2n) is 9.58. The average Bonchev–Trinajstić information content (AvgIpc) is 3.23. The summed E-state index contributed by atoms with van der Waals surface area (Å²) in [4.78, 5) is 15.9. The van der Waals surface area contributed by atoms with Crippen LogP contribution in [0.4, 0.5) is 10.2 Å². The lowest BCUT2D eigenvalue weighted by Gasteiger charge is -2.42. The van der Waals surface area contributed by atoms with Crippen molar-refractivity contribution in [3.63, 3.8) is 0 Å². The Labute approximate surface area is 192 Å². The predicted octanol–water partition coefficient (Wildman–Crippen LogP) is 3.08. The number of pyridine rings is 1. The Kier molecular flexibility index (Phi) is 5.01. The minimum Gasteiger partial charge on any atom is -0.507 e. The number of hydrogen-bond donors (Lipinski definition) is 1. The van der Waals surface area contributed by atoms with Gasteiger partial charge in [-0.1, -0.05) is 6.07 Å². The number of phenols is 1. The highest BCUT2D eigenvalue weighted by Gasteiger charge is 2.60. The normalized spacial score (nSPS) is 26.6. The Hall–Kier alpha value is -3.26. The lowest BCUT2D eigenvalue weighted by molar-refractivity contribution is 0.0572. The van der Waals surface area contributed by atoms with Crippen LogP contribution in [-0.2, 0) is 7.05 Å². The Bertz CT molecular complexity index is 1260. The molecule has 0 spiro atoms. The van der Waals surface area contributed by atoms with Gasteiger partial charge in [-0.05, 0) is 67.8 Å². The van der Waals surface area contributed by atoms with Crippen molar-refractivity contribution in [2.24, 2.45) is 13.0 Å². The number of aromatic hydroxyl groups is 1. The number of anilines is 1. The van der Waals surface area contributed by atoms with Gasteiger partial charge in [0.2, 0.25) is 0 Å². The molecule has 172 valence electrons. The molecule has 0 radical (unpaired) electrons. The molecule has 3 aromatic rings. The molecule has 5 rings (SSSR count). The van der Waals surface area contributed by atoms with Gasteiger partial charge in [-0.2, -0.15) is 0 Å². The molecule has 2 bridgehead atoms. The molecular weight excluding hydrogens is 421 g/mol. The second kappa shape index (κ2) is 7.66. The maximum atomic E-state index is 15.3. The zero-order valence-corrected chi connectivity index (χ0v) is 19.2. The van der Waals surface area contributed by atoms with Crippen molar-refractivity contribution in [1.82, 2.24) is 19.7 Å². The summed E-state index contributed by atoms with van der Waals surface area (Å²) in [5.74, 6) is 0.922. The minimum atomic E-state index is -0.959. The molecule has 8 heteroatoms. The Morgan fingerprint density at radius 2 is 1.88 bits per heavy atom. The molecule has 7 nitrogen and oxygen atoms in total. The Morgan fingerprint density at radius 3 is 2.48 bits per heavy atom. The van der Waals surface area contributed by atoms with Gasteiger partial charge < -0.3 is 14.6 Å². The molecule has 1 aliphatic carbocycles. The first-order valence-electron chi connectivity index (χ1n) is 11.1. The number of hydrogen-bond acceptors (Lipinski definition) is 6. The van der Waals surface area contributed by atoms with Gasteiger partial charge in [0.15, 0.2) is 5.82 Å². The van der Waals surface area contributed by atoms with E-state index in [1.807, 2.05) is 44.1 Å². The van der Waals surface area contributed by atoms with Crippen molar-refractivity contribution >= 4 is 5.82 Å². The smallest absolute Gasteiger partial charge is 0.250 e. The fourth-order valence-electron chi connectivity index (χ4n) is 5.45. The third-order valence-electron chi connectivity index (χ3n) is 7.60. The van der Waals surface area contributed by atoms with E-state index in [0.717, 1.165) is 24.1 Å². The predicted molar refractivity (Wildman–Crippen MR) is 126 cm³/mol. The number of aromatic nitrogens is 3. The molecule has 1 saturated carbocycles. The van der Waals surface area contributed by atoms with Gasteiger partial charge in [0, 0.05) is 38.5 Å². The first-order valence-corrected chi connectivity index (χ1v) is 11.1. The Balaban J connectivity index is 1.37. The lowest BCUT2D eigenvalue weighted by atomic mass is 9.95. The first kappa shape index (κ1) is 21.6. The molecule has 2 aromatic heterocycles. The Morgan fingerprint density at radius 1 is 1.12 bits per heavy atom. The van der Waals surface area contributed by atoms with Crippen molar-refractivity contribution in [2.75, 3.05) is 25.5 Å². The van der Waals surface area contributed by atoms with Crippen LogP contribution in [0.25, 0.3) is 22.4 Å². The monoisotopic (exact) mass is 449 g/mol. The zero-order chi connectivity index (χ0) is 23.5. The molecule has 4 atom stereocenters. The molecule has 1 N–H and O–H groups in total. The summed E-state index contributed by atoms with van der Waals surface area (Å²) in [6, 6.07) is 12.0. The number of likely N-dealkylation sites (tertiary alicyclic amines) is 1. The number of halogens is 1. The number of rotatable bonds is 4. The standard InChI is InChI=1S/C25H28FN5O2/c1-25-13-17(14-30(25)3)23(24(25)26)31(4)21-8-7-19(27-28-21)18-6-5-15(11-20(18)32)16-9-10-29(2)22(33)12-16/h5-12,17,23-24,32H,13-14H2,1-4H3/t17-,23-,24+,25-/m1/s1. The highest BCUT2D eigenvalue weighted by Crippen LogP contribution is 2.49. The van der Waals surface area contributed by atoms with Crippen LogP contribution in [0.2, 0.25) is 0 Å². The van der Waals surface area contributed by atoms with E-state index >= 15 is 4.39 Å². The maximum Gasteiger partial charge on any atom is 0.250 e. The second-order valence-corrected chi connectivity index (χ2v) is 9.58. The van der Waals surface area contributed by atoms with E-state index < -0.39 is 11.7 Å². The van der Waals surface area contributed by atoms with Crippen molar-refractivity contribution < 1.29 is 9.50 Å². The molecule has 0 amide bonds. The van der Waals surface area contributed by atoms with Crippen molar-refractivity contribution in [2.45, 2.75) is 31.1 Å². The topological polar surface area (TPSA) is 74.5 Å². The van der Waals surface area contributed by atoms with Crippen LogP contribution < -0.4 is 10.5 Å². The van der Waals surface area contributed by atoms with E-state index in [9.17, 15) is 9.90 Å². The SMILES string of the molecule is CN(c1ccc(-c2ccc(-c3ccn(C)c(=O)c3)cc2O)nn1)[C@@H]1[C@H]2CN(C)[C@](C)(C2)[C@H]1F. The quantitative estimate of drug-likeness (QED) is 0.660. The first-order chi connectivity index (χ1) is 15.7. The molecule has 2 aliphatic rings. The van der Waals surface area contributed by atoms with Gasteiger partial charge in [-0.25, -0.2) is 4.39 Å². The molecule has 2 fully saturated rings. The van der Waals surface area contributed by atoms with Gasteiger partial charge in [0.1, 0.15) is 11.9 Å². The summed E-state index contributed by atoms with van der Waals surface area (Å²) in [5, 5.41) is 19.3. The fourth-order valence-corrected chi connectivity index (χ4v) is 5.45. The summed E-state index contributed by atoms with van der Waals surface area (Å²) in [6.45, 7) is 2.88. The molecule has 1 saturated heterocycles. The van der Waals surface area contributed by atoms with E-state index in [1.54, 1.807) is 31.4 Å². The van der Waals surface area contributed by atoms with E-state index in [0.29, 0.717) is 17.1 Å². The van der Waals surface area contributed by atoms with Gasteiger partial charge in [-0.3, -0.25) is 9.69 Å². The zero-order valence-electron chi connectivity index (χ0n) is 19.2. The van der Waals surface area contributed by atoms with Gasteiger partial charge >= 0.3 is 0 Å². The van der Waals surface area contributed by atoms with Crippen LogP contribution in [-0.4, -0.2) is 63.2 Å². The van der Waals surface area contributed by atoms with Gasteiger partial charge in [0.25, 0.3) is 5.56 Å². The van der Waals surface area contributed by atoms with Crippen LogP contribution >= 0.6 is 0 Å². The summed E-state index contributed by atoms with van der Waals surface area (Å²) < 4.78 is 16.8. The fraction of sp³-hybridized carbons (Fsp3) is 0.400. The summed E-state index contributed by atoms with van der Waals surface area (Å²) >= 11 is 0. The number of alkyl halides is 1. The summed E-state index contributed by atoms with van der Waals surface area (Å²) in [5.41, 5.74) is 2.00. The van der Waals surface area contributed by atoms with E-state index in [1.165, 1.54) is 10.6 Å². The molecule has 33 heavy (non-hydrogen) atoms. The number of benzene rings is 1. The van der Waals surface area contributed by atoms with E-state index in [-0.39, 0.29) is 23.3 Å². The highest BCUT2D eigenvalue weighted by atomic mass is 19.1. The molecule has 1 aromatic carbocycles. The van der Waals surface area contributed by atoms with E-state index in [4.69, 9.17) is 0 Å². The third-order valence-corrected chi connectivity index (χ3v) is 7.60. The minimum absolute atomic E-state index is 0.0523. The maximum absolute atomic E-state index is 15.3. The summed E-state index contributed by atoms with van der Waals surface area (Å²) in [6.07, 6.45) is 1.58. The highest BCUT2D eigenvalue weighted by molar-refractivity contribution is 5.74. The lowest BCUT2D eigenvalue weighted by Crippen LogP contribution is -2.57. The number of aryl methyl sites for hydroxylation is 1. The van der Waals surface area contributed by atoms with Crippen LogP contribution in [0.1, 0.15) is 13.3 Å². The number of fused-ring (bicyclic) bond motifs is 2. The van der Waals surface area contributed by atoms with Crippen molar-refractivity contribution in [1.29, 1.82) is 0 Å². The largest absolute Gasteiger partial charge is 0.507 e. The van der Waals surface area contributed by atoms with Crippen molar-refractivity contribution in [3.8, 4) is 28.1 Å². The number of nitrogens with zero attached hydrogens (tertiary/aromatic N) is 5. The number of phenolic OH excluding ortho intramolecular Hbond substituents is 1. The molecular formula is C25H28FN5O2. The van der Waals surface area contributed by atoms with Crippen LogP contribution in [0.15, 0.2) is 53.5 Å². The molecule has 3 heterocycles. The van der Waals surface area contributed by atoms with Crippen molar-refractivity contribution in [3.05, 3.63) is 59.0 Å². The third kappa shape index (κ3) is 3.40. The van der Waals surface area contributed by atoms with Gasteiger partial charge in [-0.15, -0.1) is 10.2 Å². The number of piperidine rings is 1. The van der Waals surface area contributed by atoms with Crippen LogP contribution in [0, 0.1) is 5.92 Å². The molecule has 1 aliphatic heterocycles. The molecule has 0 unspecified atom stereocenters. The average molecular weight is 450 g/mol.